The number of nitrogens with zero attached hydrogens (tertiary/aromatic N) is 1. The Morgan fingerprint density at radius 1 is 1.54 bits per heavy atom. The molecule has 0 aromatic heterocycles. The molecule has 0 amide bonds. The van der Waals surface area contributed by atoms with E-state index in [9.17, 15) is 5.11 Å². The van der Waals surface area contributed by atoms with E-state index in [0.717, 1.165) is 19.5 Å². The van der Waals surface area contributed by atoms with Crippen LogP contribution in [-0.4, -0.2) is 47.5 Å². The second-order valence-electron chi connectivity index (χ2n) is 4.43. The van der Waals surface area contributed by atoms with Crippen LogP contribution in [0.15, 0.2) is 0 Å². The first kappa shape index (κ1) is 11.0. The summed E-state index contributed by atoms with van der Waals surface area (Å²) in [7, 11) is 2.09. The van der Waals surface area contributed by atoms with Crippen molar-refractivity contribution in [2.45, 2.75) is 31.8 Å². The minimum Gasteiger partial charge on any atom is -0.396 e. The fourth-order valence-corrected chi connectivity index (χ4v) is 2.08. The molecule has 0 bridgehead atoms. The third kappa shape index (κ3) is 2.93. The van der Waals surface area contributed by atoms with Gasteiger partial charge in [0.1, 0.15) is 0 Å². The minimum atomic E-state index is -0.590. The van der Waals surface area contributed by atoms with E-state index in [-0.39, 0.29) is 6.61 Å². The predicted octanol–water partition coefficient (Wildman–Crippen LogP) is 0.462. The van der Waals surface area contributed by atoms with Crippen LogP contribution in [0.2, 0.25) is 0 Å². The molecular weight excluding hydrogens is 166 g/mol. The Bertz CT molecular complexity index is 159. The van der Waals surface area contributed by atoms with Gasteiger partial charge in [-0.1, -0.05) is 0 Å². The summed E-state index contributed by atoms with van der Waals surface area (Å²) in [6, 6.07) is 0. The zero-order valence-electron chi connectivity index (χ0n) is 8.66. The molecule has 0 aromatic carbocycles. The Labute approximate surface area is 80.4 Å². The maximum Gasteiger partial charge on any atom is 0.0661 e. The van der Waals surface area contributed by atoms with E-state index in [4.69, 9.17) is 5.11 Å². The molecule has 1 saturated heterocycles. The lowest BCUT2D eigenvalue weighted by Crippen LogP contribution is -2.36. The lowest BCUT2D eigenvalue weighted by molar-refractivity contribution is -0.00922. The first-order chi connectivity index (χ1) is 6.06. The van der Waals surface area contributed by atoms with Gasteiger partial charge in [0.2, 0.25) is 0 Å². The number of hydrogen-bond donors (Lipinski definition) is 2. The molecule has 13 heavy (non-hydrogen) atoms. The van der Waals surface area contributed by atoms with Crippen molar-refractivity contribution in [3.05, 3.63) is 0 Å². The van der Waals surface area contributed by atoms with Crippen LogP contribution in [0.4, 0.5) is 0 Å². The van der Waals surface area contributed by atoms with Gasteiger partial charge in [-0.2, -0.15) is 0 Å². The molecule has 2 unspecified atom stereocenters. The molecule has 1 aliphatic rings. The molecule has 2 N–H and O–H groups in total. The third-order valence-electron chi connectivity index (χ3n) is 3.11. The fourth-order valence-electron chi connectivity index (χ4n) is 2.08. The summed E-state index contributed by atoms with van der Waals surface area (Å²) in [5.41, 5.74) is -0.590. The van der Waals surface area contributed by atoms with E-state index < -0.39 is 5.60 Å². The Morgan fingerprint density at radius 2 is 2.23 bits per heavy atom. The molecule has 2 atom stereocenters. The Balaban J connectivity index is 2.39. The predicted molar refractivity (Wildman–Crippen MR) is 52.5 cm³/mol. The molecule has 0 spiro atoms. The summed E-state index contributed by atoms with van der Waals surface area (Å²) in [4.78, 5) is 2.25. The first-order valence-electron chi connectivity index (χ1n) is 5.08. The molecule has 1 heterocycles. The molecule has 0 aliphatic carbocycles. The van der Waals surface area contributed by atoms with E-state index in [1.165, 1.54) is 0 Å². The van der Waals surface area contributed by atoms with Gasteiger partial charge in [0.25, 0.3) is 0 Å². The van der Waals surface area contributed by atoms with E-state index in [2.05, 4.69) is 11.9 Å². The average Bonchev–Trinajstić information content (AvgIpc) is 2.49. The summed E-state index contributed by atoms with van der Waals surface area (Å²) in [5, 5.41) is 18.8. The molecule has 78 valence electrons. The van der Waals surface area contributed by atoms with Crippen LogP contribution in [0, 0.1) is 5.92 Å². The van der Waals surface area contributed by atoms with Crippen molar-refractivity contribution in [3.8, 4) is 0 Å². The van der Waals surface area contributed by atoms with Crippen molar-refractivity contribution in [1.82, 2.24) is 4.90 Å². The van der Waals surface area contributed by atoms with Crippen molar-refractivity contribution in [2.75, 3.05) is 26.7 Å². The van der Waals surface area contributed by atoms with Gasteiger partial charge in [0, 0.05) is 19.1 Å². The standard InChI is InChI=1S/C10H21NO2/c1-10(13,5-3-7-12)9-4-6-11(2)8-9/h9,12-13H,3-8H2,1-2H3. The lowest BCUT2D eigenvalue weighted by Gasteiger charge is -2.29. The number of rotatable bonds is 4. The van der Waals surface area contributed by atoms with Gasteiger partial charge in [-0.3, -0.25) is 0 Å². The second kappa shape index (κ2) is 4.40. The molecule has 1 rings (SSSR count). The monoisotopic (exact) mass is 187 g/mol. The van der Waals surface area contributed by atoms with Gasteiger partial charge in [-0.15, -0.1) is 0 Å². The number of hydrogen-bond acceptors (Lipinski definition) is 3. The molecule has 0 saturated carbocycles. The van der Waals surface area contributed by atoms with Crippen molar-refractivity contribution < 1.29 is 10.2 Å². The van der Waals surface area contributed by atoms with Crippen LogP contribution >= 0.6 is 0 Å². The largest absolute Gasteiger partial charge is 0.396 e. The summed E-state index contributed by atoms with van der Waals surface area (Å²) in [6.07, 6.45) is 2.49. The SMILES string of the molecule is CN1CCC(C(C)(O)CCCO)C1. The molecule has 1 aliphatic heterocycles. The second-order valence-corrected chi connectivity index (χ2v) is 4.43. The molecule has 0 radical (unpaired) electrons. The van der Waals surface area contributed by atoms with Crippen molar-refractivity contribution in [3.63, 3.8) is 0 Å². The van der Waals surface area contributed by atoms with Crippen LogP contribution in [0.25, 0.3) is 0 Å². The van der Waals surface area contributed by atoms with E-state index in [1.54, 1.807) is 0 Å². The topological polar surface area (TPSA) is 43.7 Å². The zero-order valence-corrected chi connectivity index (χ0v) is 8.66. The normalized spacial score (nSPS) is 29.1. The Morgan fingerprint density at radius 3 is 2.69 bits per heavy atom. The number of likely N-dealkylation sites (tertiary alicyclic amines) is 1. The van der Waals surface area contributed by atoms with Crippen LogP contribution in [0.5, 0.6) is 0 Å². The summed E-state index contributed by atoms with van der Waals surface area (Å²) in [5.74, 6) is 0.379. The number of aliphatic hydroxyl groups excluding tert-OH is 1. The fraction of sp³-hybridized carbons (Fsp3) is 1.00. The van der Waals surface area contributed by atoms with Crippen LogP contribution in [0.1, 0.15) is 26.2 Å². The quantitative estimate of drug-likeness (QED) is 0.672. The van der Waals surface area contributed by atoms with Crippen LogP contribution in [-0.2, 0) is 0 Å². The molecule has 1 fully saturated rings. The van der Waals surface area contributed by atoms with Crippen molar-refractivity contribution in [1.29, 1.82) is 0 Å². The van der Waals surface area contributed by atoms with E-state index in [1.807, 2.05) is 6.92 Å². The summed E-state index contributed by atoms with van der Waals surface area (Å²) >= 11 is 0. The Hall–Kier alpha value is -0.120. The maximum atomic E-state index is 10.1. The van der Waals surface area contributed by atoms with Gasteiger partial charge in [0.15, 0.2) is 0 Å². The average molecular weight is 187 g/mol. The van der Waals surface area contributed by atoms with E-state index in [0.29, 0.717) is 18.8 Å². The van der Waals surface area contributed by atoms with Gasteiger partial charge in [0.05, 0.1) is 5.60 Å². The molecule has 3 heteroatoms. The van der Waals surface area contributed by atoms with Gasteiger partial charge in [-0.25, -0.2) is 0 Å². The van der Waals surface area contributed by atoms with Gasteiger partial charge < -0.3 is 15.1 Å². The van der Waals surface area contributed by atoms with Gasteiger partial charge >= 0.3 is 0 Å². The summed E-state index contributed by atoms with van der Waals surface area (Å²) in [6.45, 7) is 4.14. The lowest BCUT2D eigenvalue weighted by atomic mass is 9.85. The summed E-state index contributed by atoms with van der Waals surface area (Å²) < 4.78 is 0. The van der Waals surface area contributed by atoms with Crippen LogP contribution in [0.3, 0.4) is 0 Å². The maximum absolute atomic E-state index is 10.1. The first-order valence-corrected chi connectivity index (χ1v) is 5.08. The van der Waals surface area contributed by atoms with Crippen molar-refractivity contribution >= 4 is 0 Å². The van der Waals surface area contributed by atoms with E-state index >= 15 is 0 Å². The molecule has 3 nitrogen and oxygen atoms in total. The smallest absolute Gasteiger partial charge is 0.0661 e. The van der Waals surface area contributed by atoms with Crippen molar-refractivity contribution in [2.24, 2.45) is 5.92 Å². The van der Waals surface area contributed by atoms with Gasteiger partial charge in [-0.05, 0) is 39.8 Å². The minimum absolute atomic E-state index is 0.179. The highest BCUT2D eigenvalue weighted by molar-refractivity contribution is 4.88. The molecule has 0 aromatic rings. The third-order valence-corrected chi connectivity index (χ3v) is 3.11. The highest BCUT2D eigenvalue weighted by Gasteiger charge is 2.35. The zero-order chi connectivity index (χ0) is 9.90. The Kier molecular flexibility index (Phi) is 3.71. The molecular formula is C10H21NO2. The van der Waals surface area contributed by atoms with Crippen LogP contribution < -0.4 is 0 Å². The highest BCUT2D eigenvalue weighted by atomic mass is 16.3. The number of aliphatic hydroxyl groups is 2. The highest BCUT2D eigenvalue weighted by Crippen LogP contribution is 2.29.